The Balaban J connectivity index is 1.93. The summed E-state index contributed by atoms with van der Waals surface area (Å²) in [6.07, 6.45) is 2.51. The smallest absolute Gasteiger partial charge is 0.200 e. The van der Waals surface area contributed by atoms with Gasteiger partial charge in [-0.05, 0) is 31.9 Å². The van der Waals surface area contributed by atoms with Gasteiger partial charge in [0.05, 0.1) is 11.4 Å². The summed E-state index contributed by atoms with van der Waals surface area (Å²) in [4.78, 5) is 0. The van der Waals surface area contributed by atoms with Gasteiger partial charge in [0.15, 0.2) is 0 Å². The molecule has 0 aliphatic rings. The Morgan fingerprint density at radius 3 is 2.71 bits per heavy atom. The Morgan fingerprint density at radius 1 is 1.24 bits per heavy atom. The van der Waals surface area contributed by atoms with Crippen LogP contribution >= 0.6 is 0 Å². The van der Waals surface area contributed by atoms with Gasteiger partial charge in [0, 0.05) is 6.04 Å². The molecule has 0 unspecified atom stereocenters. The maximum atomic E-state index is 4.46. The molecule has 108 valence electrons. The van der Waals surface area contributed by atoms with Crippen molar-refractivity contribution in [2.75, 3.05) is 5.32 Å². The van der Waals surface area contributed by atoms with Crippen LogP contribution in [0, 0.1) is 6.92 Å². The highest BCUT2D eigenvalue weighted by Crippen LogP contribution is 2.22. The summed E-state index contributed by atoms with van der Waals surface area (Å²) in [6.45, 7) is 6.33. The number of anilines is 1. The molecule has 1 atom stereocenters. The maximum absolute atomic E-state index is 4.46. The van der Waals surface area contributed by atoms with E-state index >= 15 is 0 Å². The van der Waals surface area contributed by atoms with Crippen molar-refractivity contribution in [2.24, 2.45) is 0 Å². The predicted molar refractivity (Wildman–Crippen MR) is 83.4 cm³/mol. The highest BCUT2D eigenvalue weighted by Gasteiger charge is 2.11. The van der Waals surface area contributed by atoms with E-state index in [1.165, 1.54) is 11.1 Å². The number of nitrogens with one attached hydrogen (secondary N) is 1. The number of aromatic nitrogens is 4. The van der Waals surface area contributed by atoms with E-state index in [9.17, 15) is 0 Å². The minimum absolute atomic E-state index is 0.193. The summed E-state index contributed by atoms with van der Waals surface area (Å²) >= 11 is 0. The fraction of sp³-hybridized carbons (Fsp3) is 0.312. The third kappa shape index (κ3) is 2.72. The van der Waals surface area contributed by atoms with E-state index < -0.39 is 0 Å². The molecule has 0 saturated heterocycles. The van der Waals surface area contributed by atoms with Gasteiger partial charge in [-0.15, -0.1) is 10.2 Å². The van der Waals surface area contributed by atoms with Crippen LogP contribution in [0.2, 0.25) is 0 Å². The number of aryl methyl sites for hydroxylation is 2. The van der Waals surface area contributed by atoms with E-state index in [4.69, 9.17) is 0 Å². The fourth-order valence-electron chi connectivity index (χ4n) is 2.33. The second-order valence-electron chi connectivity index (χ2n) is 5.28. The first-order chi connectivity index (χ1) is 10.2. The molecule has 0 fully saturated rings. The quantitative estimate of drug-likeness (QED) is 0.798. The molecule has 0 spiro atoms. The highest BCUT2D eigenvalue weighted by molar-refractivity contribution is 5.67. The standard InChI is InChI=1S/C16H19N5/c1-4-14-9-15(16-19-17-10-21(16)20-14)18-12(3)13-7-5-11(2)6-8-13/h5-10,12,18H,4H2,1-3H3/t12-/m1/s1. The summed E-state index contributed by atoms with van der Waals surface area (Å²) in [5.74, 6) is 0. The van der Waals surface area contributed by atoms with Gasteiger partial charge in [-0.25, -0.2) is 0 Å². The maximum Gasteiger partial charge on any atom is 0.200 e. The Morgan fingerprint density at radius 2 is 2.00 bits per heavy atom. The van der Waals surface area contributed by atoms with Gasteiger partial charge >= 0.3 is 0 Å². The molecule has 1 N–H and O–H groups in total. The van der Waals surface area contributed by atoms with E-state index in [0.29, 0.717) is 0 Å². The lowest BCUT2D eigenvalue weighted by molar-refractivity contribution is 0.842. The second-order valence-corrected chi connectivity index (χ2v) is 5.28. The number of rotatable bonds is 4. The molecule has 3 aromatic rings. The summed E-state index contributed by atoms with van der Waals surface area (Å²) in [7, 11) is 0. The van der Waals surface area contributed by atoms with Gasteiger partial charge < -0.3 is 5.32 Å². The molecule has 1 aromatic carbocycles. The van der Waals surface area contributed by atoms with Crippen molar-refractivity contribution >= 4 is 11.3 Å². The van der Waals surface area contributed by atoms with Crippen molar-refractivity contribution in [1.29, 1.82) is 0 Å². The van der Waals surface area contributed by atoms with Crippen LogP contribution in [0.4, 0.5) is 5.69 Å². The van der Waals surface area contributed by atoms with Crippen molar-refractivity contribution in [3.05, 3.63) is 53.5 Å². The monoisotopic (exact) mass is 281 g/mol. The van der Waals surface area contributed by atoms with E-state index in [1.54, 1.807) is 10.8 Å². The molecule has 0 radical (unpaired) electrons. The van der Waals surface area contributed by atoms with Crippen LogP contribution in [0.3, 0.4) is 0 Å². The van der Waals surface area contributed by atoms with Crippen LogP contribution in [0.25, 0.3) is 5.65 Å². The van der Waals surface area contributed by atoms with Gasteiger partial charge in [-0.1, -0.05) is 36.8 Å². The van der Waals surface area contributed by atoms with Crippen LogP contribution in [-0.4, -0.2) is 19.8 Å². The Kier molecular flexibility index (Phi) is 3.56. The Hall–Kier alpha value is -2.43. The Labute approximate surface area is 124 Å². The second kappa shape index (κ2) is 5.52. The largest absolute Gasteiger partial charge is 0.375 e. The predicted octanol–water partition coefficient (Wildman–Crippen LogP) is 3.17. The normalized spacial score (nSPS) is 12.5. The lowest BCUT2D eigenvalue weighted by atomic mass is 10.1. The number of fused-ring (bicyclic) bond motifs is 1. The van der Waals surface area contributed by atoms with E-state index in [2.05, 4.69) is 71.7 Å². The first-order valence-electron chi connectivity index (χ1n) is 7.20. The number of benzene rings is 1. The zero-order valence-electron chi connectivity index (χ0n) is 12.5. The summed E-state index contributed by atoms with van der Waals surface area (Å²) < 4.78 is 1.73. The van der Waals surface area contributed by atoms with Crippen LogP contribution in [0.5, 0.6) is 0 Å². The first-order valence-corrected chi connectivity index (χ1v) is 7.20. The third-order valence-corrected chi connectivity index (χ3v) is 3.63. The van der Waals surface area contributed by atoms with Gasteiger partial charge in [0.25, 0.3) is 0 Å². The molecule has 0 bridgehead atoms. The molecular weight excluding hydrogens is 262 g/mol. The van der Waals surface area contributed by atoms with Gasteiger partial charge in [-0.2, -0.15) is 9.61 Å². The van der Waals surface area contributed by atoms with Crippen molar-refractivity contribution in [3.8, 4) is 0 Å². The first kappa shape index (κ1) is 13.5. The molecule has 21 heavy (non-hydrogen) atoms. The summed E-state index contributed by atoms with van der Waals surface area (Å²) in [5, 5.41) is 16.1. The zero-order valence-corrected chi connectivity index (χ0v) is 12.5. The average molecular weight is 281 g/mol. The van der Waals surface area contributed by atoms with Crippen molar-refractivity contribution in [3.63, 3.8) is 0 Å². The lowest BCUT2D eigenvalue weighted by Gasteiger charge is -2.16. The number of hydrogen-bond donors (Lipinski definition) is 1. The molecule has 0 amide bonds. The van der Waals surface area contributed by atoms with Crippen molar-refractivity contribution in [2.45, 2.75) is 33.2 Å². The van der Waals surface area contributed by atoms with Gasteiger partial charge in [0.1, 0.15) is 6.33 Å². The molecule has 0 aliphatic carbocycles. The molecule has 2 aromatic heterocycles. The van der Waals surface area contributed by atoms with E-state index in [1.807, 2.05) is 0 Å². The SMILES string of the molecule is CCc1cc(N[C@H](C)c2ccc(C)cc2)c2nncn2n1. The van der Waals surface area contributed by atoms with E-state index in [0.717, 1.165) is 23.4 Å². The van der Waals surface area contributed by atoms with Gasteiger partial charge in [-0.3, -0.25) is 0 Å². The van der Waals surface area contributed by atoms with Crippen LogP contribution < -0.4 is 5.32 Å². The molecule has 2 heterocycles. The molecular formula is C16H19N5. The van der Waals surface area contributed by atoms with Gasteiger partial charge in [0.2, 0.25) is 5.65 Å². The Bertz CT molecular complexity index is 745. The lowest BCUT2D eigenvalue weighted by Crippen LogP contribution is -2.09. The van der Waals surface area contributed by atoms with Crippen molar-refractivity contribution < 1.29 is 0 Å². The minimum Gasteiger partial charge on any atom is -0.375 e. The summed E-state index contributed by atoms with van der Waals surface area (Å²) in [5.41, 5.74) is 5.25. The van der Waals surface area contributed by atoms with Crippen LogP contribution in [0.15, 0.2) is 36.7 Å². The molecule has 5 nitrogen and oxygen atoms in total. The number of nitrogens with zero attached hydrogens (tertiary/aromatic N) is 4. The summed E-state index contributed by atoms with van der Waals surface area (Å²) in [6, 6.07) is 10.8. The molecule has 3 rings (SSSR count). The highest BCUT2D eigenvalue weighted by atomic mass is 15.3. The third-order valence-electron chi connectivity index (χ3n) is 3.63. The fourth-order valence-corrected chi connectivity index (χ4v) is 2.33. The van der Waals surface area contributed by atoms with Crippen LogP contribution in [0.1, 0.15) is 36.7 Å². The zero-order chi connectivity index (χ0) is 14.8. The van der Waals surface area contributed by atoms with E-state index in [-0.39, 0.29) is 6.04 Å². The molecule has 0 saturated carbocycles. The van der Waals surface area contributed by atoms with Crippen LogP contribution in [-0.2, 0) is 6.42 Å². The number of hydrogen-bond acceptors (Lipinski definition) is 4. The molecule has 0 aliphatic heterocycles. The average Bonchev–Trinajstić information content (AvgIpc) is 2.96. The molecule has 5 heteroatoms. The van der Waals surface area contributed by atoms with Crippen molar-refractivity contribution in [1.82, 2.24) is 19.8 Å². The topological polar surface area (TPSA) is 55.1 Å². The minimum atomic E-state index is 0.193.